The third-order valence-corrected chi connectivity index (χ3v) is 5.50. The van der Waals surface area contributed by atoms with Gasteiger partial charge in [-0.15, -0.1) is 0 Å². The van der Waals surface area contributed by atoms with Crippen molar-refractivity contribution in [3.05, 3.63) is 65.7 Å². The van der Waals surface area contributed by atoms with Gasteiger partial charge < -0.3 is 24.0 Å². The monoisotopic (exact) mass is 413 g/mol. The SMILES string of the molecule is COC(=O)c1ccc(OCC(O)C[N+]2(C)CCN(C(=O)c3ccccc3)CC2)cc1. The molecular formula is C23H29N2O5+. The molecule has 0 radical (unpaired) electrons. The van der Waals surface area contributed by atoms with Gasteiger partial charge >= 0.3 is 5.97 Å². The van der Waals surface area contributed by atoms with Crippen molar-refractivity contribution in [1.29, 1.82) is 0 Å². The number of esters is 1. The van der Waals surface area contributed by atoms with E-state index in [2.05, 4.69) is 11.8 Å². The Morgan fingerprint density at radius 1 is 1.03 bits per heavy atom. The molecular weight excluding hydrogens is 384 g/mol. The van der Waals surface area contributed by atoms with Crippen LogP contribution in [-0.2, 0) is 4.74 Å². The first-order valence-corrected chi connectivity index (χ1v) is 10.1. The molecule has 30 heavy (non-hydrogen) atoms. The summed E-state index contributed by atoms with van der Waals surface area (Å²) in [6, 6.07) is 15.9. The molecule has 0 bridgehead atoms. The molecule has 0 saturated carbocycles. The van der Waals surface area contributed by atoms with Crippen LogP contribution in [0.15, 0.2) is 54.6 Å². The molecule has 1 aliphatic rings. The normalized spacial score (nSPS) is 16.6. The van der Waals surface area contributed by atoms with Crippen LogP contribution in [0.5, 0.6) is 5.75 Å². The fourth-order valence-corrected chi connectivity index (χ4v) is 3.66. The van der Waals surface area contributed by atoms with Gasteiger partial charge in [0.2, 0.25) is 0 Å². The van der Waals surface area contributed by atoms with Gasteiger partial charge in [0.25, 0.3) is 5.91 Å². The van der Waals surface area contributed by atoms with Gasteiger partial charge in [0.15, 0.2) is 0 Å². The molecule has 2 aromatic carbocycles. The molecule has 160 valence electrons. The minimum atomic E-state index is -0.633. The summed E-state index contributed by atoms with van der Waals surface area (Å²) >= 11 is 0. The maximum atomic E-state index is 12.6. The van der Waals surface area contributed by atoms with Crippen LogP contribution >= 0.6 is 0 Å². The number of hydrogen-bond acceptors (Lipinski definition) is 5. The van der Waals surface area contributed by atoms with Gasteiger partial charge in [-0.05, 0) is 36.4 Å². The van der Waals surface area contributed by atoms with Crippen LogP contribution in [0.25, 0.3) is 0 Å². The fraction of sp³-hybridized carbons (Fsp3) is 0.391. The number of methoxy groups -OCH3 is 1. The van der Waals surface area contributed by atoms with Gasteiger partial charge in [0.1, 0.15) is 25.0 Å². The van der Waals surface area contributed by atoms with E-state index in [4.69, 9.17) is 4.74 Å². The first-order chi connectivity index (χ1) is 14.4. The molecule has 7 heteroatoms. The van der Waals surface area contributed by atoms with Crippen LogP contribution in [0.2, 0.25) is 0 Å². The van der Waals surface area contributed by atoms with Crippen molar-refractivity contribution in [2.24, 2.45) is 0 Å². The van der Waals surface area contributed by atoms with Gasteiger partial charge in [-0.3, -0.25) is 4.79 Å². The molecule has 2 aromatic rings. The van der Waals surface area contributed by atoms with Gasteiger partial charge in [-0.25, -0.2) is 4.79 Å². The van der Waals surface area contributed by atoms with E-state index in [0.29, 0.717) is 41.0 Å². The van der Waals surface area contributed by atoms with Crippen LogP contribution in [0.1, 0.15) is 20.7 Å². The number of ether oxygens (including phenoxy) is 2. The third-order valence-electron chi connectivity index (χ3n) is 5.50. The van der Waals surface area contributed by atoms with Crippen LogP contribution in [0.3, 0.4) is 0 Å². The molecule has 1 heterocycles. The molecule has 1 aliphatic heterocycles. The fourth-order valence-electron chi connectivity index (χ4n) is 3.66. The number of carbonyl (C=O) groups is 2. The number of carbonyl (C=O) groups excluding carboxylic acids is 2. The lowest BCUT2D eigenvalue weighted by Gasteiger charge is -2.42. The quantitative estimate of drug-likeness (QED) is 0.554. The second-order valence-electron chi connectivity index (χ2n) is 7.89. The first kappa shape index (κ1) is 21.8. The highest BCUT2D eigenvalue weighted by Gasteiger charge is 2.33. The van der Waals surface area contributed by atoms with E-state index in [1.165, 1.54) is 7.11 Å². The van der Waals surface area contributed by atoms with Crippen LogP contribution in [-0.4, -0.2) is 86.0 Å². The lowest BCUT2D eigenvalue weighted by atomic mass is 10.1. The number of likely N-dealkylation sites (N-methyl/N-ethyl adjacent to an activating group) is 1. The van der Waals surface area contributed by atoms with Gasteiger partial charge in [-0.2, -0.15) is 0 Å². The smallest absolute Gasteiger partial charge is 0.337 e. The Labute approximate surface area is 177 Å². The van der Waals surface area contributed by atoms with Gasteiger partial charge in [0.05, 0.1) is 45.9 Å². The molecule has 3 rings (SSSR count). The maximum Gasteiger partial charge on any atom is 0.337 e. The number of aliphatic hydroxyl groups is 1. The number of rotatable bonds is 7. The molecule has 1 amide bonds. The predicted molar refractivity (Wildman–Crippen MR) is 112 cm³/mol. The van der Waals surface area contributed by atoms with Gasteiger partial charge in [-0.1, -0.05) is 18.2 Å². The highest BCUT2D eigenvalue weighted by atomic mass is 16.5. The molecule has 0 aliphatic carbocycles. The van der Waals surface area contributed by atoms with E-state index in [-0.39, 0.29) is 12.5 Å². The standard InChI is InChI=1S/C23H29N2O5/c1-25(14-12-24(13-15-25)22(27)18-6-4-3-5-7-18)16-20(26)17-30-21-10-8-19(9-11-21)23(28)29-2/h3-11,20,26H,12-17H2,1-2H3/q+1. The molecule has 0 spiro atoms. The zero-order chi connectivity index (χ0) is 21.6. The van der Waals surface area contributed by atoms with Crippen LogP contribution in [0.4, 0.5) is 0 Å². The highest BCUT2D eigenvalue weighted by Crippen LogP contribution is 2.16. The van der Waals surface area contributed by atoms with Crippen molar-refractivity contribution < 1.29 is 28.7 Å². The Bertz CT molecular complexity index is 846. The number of nitrogens with zero attached hydrogens (tertiary/aromatic N) is 2. The second kappa shape index (κ2) is 9.73. The Morgan fingerprint density at radius 2 is 1.67 bits per heavy atom. The Balaban J connectivity index is 1.46. The summed E-state index contributed by atoms with van der Waals surface area (Å²) in [5, 5.41) is 10.5. The summed E-state index contributed by atoms with van der Waals surface area (Å²) in [7, 11) is 3.43. The minimum Gasteiger partial charge on any atom is -0.491 e. The molecule has 1 N–H and O–H groups in total. The topological polar surface area (TPSA) is 76.1 Å². The molecule has 1 fully saturated rings. The van der Waals surface area contributed by atoms with E-state index in [1.54, 1.807) is 24.3 Å². The number of piperazine rings is 1. The van der Waals surface area contributed by atoms with E-state index in [1.807, 2.05) is 35.2 Å². The van der Waals surface area contributed by atoms with Crippen LogP contribution < -0.4 is 4.74 Å². The average molecular weight is 413 g/mol. The Hall–Kier alpha value is -2.90. The zero-order valence-corrected chi connectivity index (χ0v) is 17.5. The van der Waals surface area contributed by atoms with Crippen molar-refractivity contribution in [3.8, 4) is 5.75 Å². The van der Waals surface area contributed by atoms with E-state index in [9.17, 15) is 14.7 Å². The highest BCUT2D eigenvalue weighted by molar-refractivity contribution is 5.94. The molecule has 1 atom stereocenters. The van der Waals surface area contributed by atoms with Crippen molar-refractivity contribution in [3.63, 3.8) is 0 Å². The first-order valence-electron chi connectivity index (χ1n) is 10.1. The molecule has 7 nitrogen and oxygen atoms in total. The minimum absolute atomic E-state index is 0.0566. The summed E-state index contributed by atoms with van der Waals surface area (Å²) in [4.78, 5) is 25.9. The predicted octanol–water partition coefficient (Wildman–Crippen LogP) is 1.82. The lowest BCUT2D eigenvalue weighted by molar-refractivity contribution is -0.916. The number of aliphatic hydroxyl groups excluding tert-OH is 1. The zero-order valence-electron chi connectivity index (χ0n) is 17.5. The number of amides is 1. The van der Waals surface area contributed by atoms with Crippen molar-refractivity contribution >= 4 is 11.9 Å². The summed E-state index contributed by atoms with van der Waals surface area (Å²) in [5.41, 5.74) is 1.16. The number of benzene rings is 2. The van der Waals surface area contributed by atoms with E-state index in [0.717, 1.165) is 13.1 Å². The Morgan fingerprint density at radius 3 is 2.27 bits per heavy atom. The van der Waals surface area contributed by atoms with E-state index < -0.39 is 12.1 Å². The molecule has 1 saturated heterocycles. The third kappa shape index (κ3) is 5.58. The summed E-state index contributed by atoms with van der Waals surface area (Å²) in [5.74, 6) is 0.243. The molecule has 0 aromatic heterocycles. The summed E-state index contributed by atoms with van der Waals surface area (Å²) in [6.07, 6.45) is -0.633. The lowest BCUT2D eigenvalue weighted by Crippen LogP contribution is -2.60. The van der Waals surface area contributed by atoms with Gasteiger partial charge in [0, 0.05) is 5.56 Å². The van der Waals surface area contributed by atoms with Crippen molar-refractivity contribution in [2.45, 2.75) is 6.10 Å². The van der Waals surface area contributed by atoms with Crippen molar-refractivity contribution in [1.82, 2.24) is 4.90 Å². The van der Waals surface area contributed by atoms with E-state index >= 15 is 0 Å². The maximum absolute atomic E-state index is 12.6. The summed E-state index contributed by atoms with van der Waals surface area (Å²) in [6.45, 7) is 3.60. The second-order valence-corrected chi connectivity index (χ2v) is 7.89. The van der Waals surface area contributed by atoms with Crippen LogP contribution in [0, 0.1) is 0 Å². The Kier molecular flexibility index (Phi) is 7.07. The number of hydrogen-bond donors (Lipinski definition) is 1. The summed E-state index contributed by atoms with van der Waals surface area (Å²) < 4.78 is 11.0. The van der Waals surface area contributed by atoms with Crippen molar-refractivity contribution in [2.75, 3.05) is 53.5 Å². The average Bonchev–Trinajstić information content (AvgIpc) is 2.78. The molecule has 1 unspecified atom stereocenters. The number of quaternary nitrogens is 1. The largest absolute Gasteiger partial charge is 0.491 e.